The van der Waals surface area contributed by atoms with E-state index in [0.29, 0.717) is 10.7 Å². The van der Waals surface area contributed by atoms with E-state index in [1.807, 2.05) is 19.1 Å². The quantitative estimate of drug-likeness (QED) is 0.796. The van der Waals surface area contributed by atoms with Crippen molar-refractivity contribution in [3.8, 4) is 0 Å². The van der Waals surface area contributed by atoms with Crippen LogP contribution in [0.3, 0.4) is 0 Å². The molecule has 0 bridgehead atoms. The molecule has 0 aromatic heterocycles. The number of benzene rings is 2. The second kappa shape index (κ2) is 6.40. The summed E-state index contributed by atoms with van der Waals surface area (Å²) in [6.45, 7) is 2.02. The van der Waals surface area contributed by atoms with Crippen LogP contribution in [0.15, 0.2) is 46.9 Å². The third kappa shape index (κ3) is 4.22. The van der Waals surface area contributed by atoms with Crippen molar-refractivity contribution >= 4 is 33.2 Å². The van der Waals surface area contributed by atoms with E-state index in [1.54, 1.807) is 12.1 Å². The van der Waals surface area contributed by atoms with Gasteiger partial charge in [-0.3, -0.25) is 0 Å². The minimum atomic E-state index is -0.324. The molecule has 0 heterocycles. The fourth-order valence-corrected chi connectivity index (χ4v) is 2.32. The van der Waals surface area contributed by atoms with Crippen molar-refractivity contribution in [1.82, 2.24) is 0 Å². The molecule has 1 unspecified atom stereocenters. The van der Waals surface area contributed by atoms with Gasteiger partial charge in [-0.15, -0.1) is 0 Å². The Labute approximate surface area is 125 Å². The molecule has 2 aromatic carbocycles. The maximum absolute atomic E-state index is 13.6. The van der Waals surface area contributed by atoms with Gasteiger partial charge in [0.2, 0.25) is 0 Å². The molecule has 0 spiro atoms. The van der Waals surface area contributed by atoms with Crippen LogP contribution < -0.4 is 5.32 Å². The van der Waals surface area contributed by atoms with E-state index < -0.39 is 0 Å². The normalized spacial score (nSPS) is 12.2. The highest BCUT2D eigenvalue weighted by Gasteiger charge is 2.07. The smallest absolute Gasteiger partial charge is 0.147 e. The summed E-state index contributed by atoms with van der Waals surface area (Å²) in [4.78, 5) is 0. The van der Waals surface area contributed by atoms with E-state index in [4.69, 9.17) is 11.6 Å². The zero-order valence-electron chi connectivity index (χ0n) is 10.5. The monoisotopic (exact) mass is 341 g/mol. The first kappa shape index (κ1) is 14.4. The second-order valence-electron chi connectivity index (χ2n) is 4.50. The summed E-state index contributed by atoms with van der Waals surface area (Å²) in [5, 5.41) is 3.56. The Morgan fingerprint density at radius 3 is 2.53 bits per heavy atom. The molecule has 19 heavy (non-hydrogen) atoms. The van der Waals surface area contributed by atoms with Crippen LogP contribution in [-0.2, 0) is 6.42 Å². The second-order valence-corrected chi connectivity index (χ2v) is 5.85. The summed E-state index contributed by atoms with van der Waals surface area (Å²) in [5.41, 5.74) is 1.69. The molecular formula is C15H14BrClFN. The molecule has 1 atom stereocenters. The molecule has 0 aliphatic heterocycles. The van der Waals surface area contributed by atoms with Gasteiger partial charge in [0.1, 0.15) is 5.82 Å². The summed E-state index contributed by atoms with van der Waals surface area (Å²) in [6.07, 6.45) is 0.829. The fraction of sp³-hybridized carbons (Fsp3) is 0.200. The number of anilines is 1. The number of rotatable bonds is 4. The molecule has 4 heteroatoms. The van der Waals surface area contributed by atoms with Crippen LogP contribution in [0.4, 0.5) is 10.1 Å². The van der Waals surface area contributed by atoms with E-state index in [9.17, 15) is 4.39 Å². The lowest BCUT2D eigenvalue weighted by Gasteiger charge is -2.16. The van der Waals surface area contributed by atoms with E-state index in [-0.39, 0.29) is 11.9 Å². The van der Waals surface area contributed by atoms with E-state index in [0.717, 1.165) is 10.9 Å². The molecule has 0 saturated heterocycles. The first-order chi connectivity index (χ1) is 9.04. The van der Waals surface area contributed by atoms with Crippen molar-refractivity contribution in [1.29, 1.82) is 0 Å². The fourth-order valence-electron chi connectivity index (χ4n) is 1.90. The lowest BCUT2D eigenvalue weighted by molar-refractivity contribution is 0.626. The van der Waals surface area contributed by atoms with E-state index >= 15 is 0 Å². The van der Waals surface area contributed by atoms with Gasteiger partial charge in [0.15, 0.2) is 0 Å². The molecule has 2 rings (SSSR count). The highest BCUT2D eigenvalue weighted by Crippen LogP contribution is 2.20. The van der Waals surface area contributed by atoms with E-state index in [1.165, 1.54) is 11.6 Å². The van der Waals surface area contributed by atoms with Crippen LogP contribution in [0.2, 0.25) is 5.02 Å². The molecule has 0 fully saturated rings. The maximum atomic E-state index is 13.6. The third-order valence-electron chi connectivity index (χ3n) is 2.79. The molecule has 2 aromatic rings. The van der Waals surface area contributed by atoms with Gasteiger partial charge in [-0.1, -0.05) is 39.7 Å². The lowest BCUT2D eigenvalue weighted by atomic mass is 10.1. The van der Waals surface area contributed by atoms with Gasteiger partial charge in [-0.25, -0.2) is 4.39 Å². The van der Waals surface area contributed by atoms with Crippen LogP contribution in [0.25, 0.3) is 0 Å². The van der Waals surface area contributed by atoms with Crippen molar-refractivity contribution in [2.45, 2.75) is 19.4 Å². The molecule has 0 aliphatic carbocycles. The highest BCUT2D eigenvalue weighted by atomic mass is 79.9. The van der Waals surface area contributed by atoms with Crippen molar-refractivity contribution in [2.24, 2.45) is 0 Å². The molecule has 1 N–H and O–H groups in total. The standard InChI is InChI=1S/C15H14BrClFN/c1-10(8-11-2-4-12(16)5-3-11)19-15-7-6-13(17)9-14(15)18/h2-7,9-10,19H,8H2,1H3. The summed E-state index contributed by atoms with van der Waals surface area (Å²) < 4.78 is 14.7. The van der Waals surface area contributed by atoms with Gasteiger partial charge in [-0.05, 0) is 49.2 Å². The summed E-state index contributed by atoms with van der Waals surface area (Å²) >= 11 is 9.13. The van der Waals surface area contributed by atoms with Crippen LogP contribution >= 0.6 is 27.5 Å². The Morgan fingerprint density at radius 1 is 1.21 bits per heavy atom. The van der Waals surface area contributed by atoms with Crippen LogP contribution in [0.1, 0.15) is 12.5 Å². The van der Waals surface area contributed by atoms with Gasteiger partial charge in [0, 0.05) is 15.5 Å². The molecule has 0 radical (unpaired) electrons. The Kier molecular flexibility index (Phi) is 4.83. The first-order valence-electron chi connectivity index (χ1n) is 6.00. The van der Waals surface area contributed by atoms with Gasteiger partial charge in [0.05, 0.1) is 5.69 Å². The van der Waals surface area contributed by atoms with Crippen molar-refractivity contribution < 1.29 is 4.39 Å². The zero-order chi connectivity index (χ0) is 13.8. The minimum absolute atomic E-state index is 0.136. The molecule has 100 valence electrons. The Hall–Kier alpha value is -1.06. The van der Waals surface area contributed by atoms with Gasteiger partial charge in [0.25, 0.3) is 0 Å². The van der Waals surface area contributed by atoms with Crippen LogP contribution in [0, 0.1) is 5.82 Å². The molecule has 0 amide bonds. The molecule has 0 saturated carbocycles. The highest BCUT2D eigenvalue weighted by molar-refractivity contribution is 9.10. The molecule has 0 aliphatic rings. The van der Waals surface area contributed by atoms with Crippen LogP contribution in [-0.4, -0.2) is 6.04 Å². The molecular weight excluding hydrogens is 329 g/mol. The van der Waals surface area contributed by atoms with Crippen molar-refractivity contribution in [3.05, 3.63) is 63.3 Å². The maximum Gasteiger partial charge on any atom is 0.147 e. The third-order valence-corrected chi connectivity index (χ3v) is 3.55. The first-order valence-corrected chi connectivity index (χ1v) is 7.18. The summed E-state index contributed by atoms with van der Waals surface area (Å²) in [7, 11) is 0. The number of hydrogen-bond donors (Lipinski definition) is 1. The zero-order valence-corrected chi connectivity index (χ0v) is 12.8. The topological polar surface area (TPSA) is 12.0 Å². The Balaban J connectivity index is 2.01. The average Bonchev–Trinajstić information content (AvgIpc) is 2.36. The SMILES string of the molecule is CC(Cc1ccc(Br)cc1)Nc1ccc(Cl)cc1F. The largest absolute Gasteiger partial charge is 0.380 e. The number of hydrogen-bond acceptors (Lipinski definition) is 1. The summed E-state index contributed by atoms with van der Waals surface area (Å²) in [5.74, 6) is -0.324. The van der Waals surface area contributed by atoms with Crippen molar-refractivity contribution in [3.63, 3.8) is 0 Å². The van der Waals surface area contributed by atoms with Crippen molar-refractivity contribution in [2.75, 3.05) is 5.32 Å². The Bertz CT molecular complexity index is 557. The minimum Gasteiger partial charge on any atom is -0.380 e. The summed E-state index contributed by atoms with van der Waals surface area (Å²) in [6, 6.07) is 12.9. The predicted octanol–water partition coefficient (Wildman–Crippen LogP) is 5.28. The van der Waals surface area contributed by atoms with E-state index in [2.05, 4.69) is 33.4 Å². The van der Waals surface area contributed by atoms with Gasteiger partial charge in [-0.2, -0.15) is 0 Å². The average molecular weight is 343 g/mol. The number of nitrogens with one attached hydrogen (secondary N) is 1. The molecule has 1 nitrogen and oxygen atoms in total. The van der Waals surface area contributed by atoms with Gasteiger partial charge < -0.3 is 5.32 Å². The lowest BCUT2D eigenvalue weighted by Crippen LogP contribution is -2.18. The number of halogens is 3. The van der Waals surface area contributed by atoms with Gasteiger partial charge >= 0.3 is 0 Å². The predicted molar refractivity (Wildman–Crippen MR) is 82.3 cm³/mol. The van der Waals surface area contributed by atoms with Crippen LogP contribution in [0.5, 0.6) is 0 Å². The Morgan fingerprint density at radius 2 is 1.89 bits per heavy atom.